The third-order valence-electron chi connectivity index (χ3n) is 6.17. The number of methoxy groups -OCH3 is 1. The topological polar surface area (TPSA) is 47.4 Å². The number of rotatable bonds is 6. The highest BCUT2D eigenvalue weighted by molar-refractivity contribution is 6.36. The van der Waals surface area contributed by atoms with E-state index in [4.69, 9.17) is 32.9 Å². The van der Waals surface area contributed by atoms with Crippen molar-refractivity contribution in [2.75, 3.05) is 13.7 Å². The monoisotopic (exact) mass is 479 g/mol. The average molecular weight is 480 g/mol. The summed E-state index contributed by atoms with van der Waals surface area (Å²) in [5.74, 6) is 1.81. The van der Waals surface area contributed by atoms with Gasteiger partial charge in [-0.05, 0) is 42.0 Å². The first-order valence-electron chi connectivity index (χ1n) is 10.8. The number of carbonyl (C=O) groups excluding carboxylic acids is 1. The van der Waals surface area contributed by atoms with Crippen molar-refractivity contribution in [1.82, 2.24) is 14.5 Å². The van der Waals surface area contributed by atoms with Gasteiger partial charge in [-0.1, -0.05) is 53.5 Å². The standard InChI is InChI=1S/C26H23Cl2N3O2/c1-33-19-11-9-17(10-12-19)14-30-15-18(13-25(30)32)26-29-23-7-2-3-8-24(23)31(26)16-20-21(27)5-4-6-22(20)28/h2-12,18H,13-16H2,1H3/t18-/m1/s1. The number of aromatic nitrogens is 2. The van der Waals surface area contributed by atoms with E-state index in [0.717, 1.165) is 33.7 Å². The van der Waals surface area contributed by atoms with Crippen LogP contribution in [0.2, 0.25) is 10.0 Å². The van der Waals surface area contributed by atoms with Gasteiger partial charge in [0.2, 0.25) is 5.91 Å². The first-order valence-corrected chi connectivity index (χ1v) is 11.6. The second-order valence-corrected chi connectivity index (χ2v) is 9.08. The van der Waals surface area contributed by atoms with Crippen LogP contribution in [-0.2, 0) is 17.9 Å². The van der Waals surface area contributed by atoms with Crippen molar-refractivity contribution in [3.05, 3.63) is 93.7 Å². The number of halogens is 2. The molecular weight excluding hydrogens is 457 g/mol. The normalized spacial score (nSPS) is 16.0. The third-order valence-corrected chi connectivity index (χ3v) is 6.88. The predicted molar refractivity (Wildman–Crippen MR) is 131 cm³/mol. The molecule has 1 amide bonds. The molecule has 1 aliphatic heterocycles. The summed E-state index contributed by atoms with van der Waals surface area (Å²) in [7, 11) is 1.64. The number of fused-ring (bicyclic) bond motifs is 1. The SMILES string of the molecule is COc1ccc(CN2C[C@H](c3nc4ccccc4n3Cc3c(Cl)cccc3Cl)CC2=O)cc1. The van der Waals surface area contributed by atoms with Crippen molar-refractivity contribution in [2.45, 2.75) is 25.4 Å². The zero-order chi connectivity index (χ0) is 22.9. The van der Waals surface area contributed by atoms with Gasteiger partial charge in [-0.15, -0.1) is 0 Å². The lowest BCUT2D eigenvalue weighted by atomic mass is 10.1. The Morgan fingerprint density at radius 3 is 2.42 bits per heavy atom. The summed E-state index contributed by atoms with van der Waals surface area (Å²) in [6.07, 6.45) is 0.426. The molecule has 3 aromatic carbocycles. The van der Waals surface area contributed by atoms with Gasteiger partial charge in [-0.2, -0.15) is 0 Å². The Morgan fingerprint density at radius 1 is 0.970 bits per heavy atom. The summed E-state index contributed by atoms with van der Waals surface area (Å²) in [6.45, 7) is 1.68. The summed E-state index contributed by atoms with van der Waals surface area (Å²) in [5.41, 5.74) is 3.83. The van der Waals surface area contributed by atoms with Gasteiger partial charge in [0.05, 0.1) is 24.7 Å². The Labute approximate surface area is 202 Å². The molecule has 168 valence electrons. The van der Waals surface area contributed by atoms with Crippen LogP contribution in [0.4, 0.5) is 0 Å². The summed E-state index contributed by atoms with van der Waals surface area (Å²) in [6, 6.07) is 21.4. The first-order chi connectivity index (χ1) is 16.0. The Kier molecular flexibility index (Phi) is 6.00. The molecule has 0 aliphatic carbocycles. The average Bonchev–Trinajstić information content (AvgIpc) is 3.37. The molecule has 1 saturated heterocycles. The van der Waals surface area contributed by atoms with Crippen molar-refractivity contribution in [3.63, 3.8) is 0 Å². The van der Waals surface area contributed by atoms with E-state index in [-0.39, 0.29) is 11.8 Å². The molecule has 0 bridgehead atoms. The van der Waals surface area contributed by atoms with Crippen molar-refractivity contribution in [3.8, 4) is 5.75 Å². The highest BCUT2D eigenvalue weighted by Crippen LogP contribution is 2.34. The summed E-state index contributed by atoms with van der Waals surface area (Å²) in [4.78, 5) is 19.7. The highest BCUT2D eigenvalue weighted by Gasteiger charge is 2.34. The molecule has 0 N–H and O–H groups in total. The molecule has 7 heteroatoms. The molecule has 0 spiro atoms. The Morgan fingerprint density at radius 2 is 1.70 bits per heavy atom. The maximum Gasteiger partial charge on any atom is 0.223 e. The molecule has 0 saturated carbocycles. The molecule has 2 heterocycles. The number of nitrogens with zero attached hydrogens (tertiary/aromatic N) is 3. The van der Waals surface area contributed by atoms with E-state index in [2.05, 4.69) is 4.57 Å². The van der Waals surface area contributed by atoms with Crippen LogP contribution >= 0.6 is 23.2 Å². The quantitative estimate of drug-likeness (QED) is 0.345. The molecule has 1 aromatic heterocycles. The number of carbonyl (C=O) groups is 1. The van der Waals surface area contributed by atoms with Gasteiger partial charge in [0.15, 0.2) is 0 Å². The Bertz CT molecular complexity index is 1300. The second-order valence-electron chi connectivity index (χ2n) is 8.27. The zero-order valence-corrected chi connectivity index (χ0v) is 19.7. The molecule has 4 aromatic rings. The molecule has 0 unspecified atom stereocenters. The lowest BCUT2D eigenvalue weighted by Crippen LogP contribution is -2.24. The fraction of sp³-hybridized carbons (Fsp3) is 0.231. The van der Waals surface area contributed by atoms with Crippen molar-refractivity contribution >= 4 is 40.1 Å². The Balaban J connectivity index is 1.46. The number of ether oxygens (including phenoxy) is 1. The predicted octanol–water partition coefficient (Wildman–Crippen LogP) is 5.92. The van der Waals surface area contributed by atoms with Crippen LogP contribution in [0.3, 0.4) is 0 Å². The van der Waals surface area contributed by atoms with Crippen molar-refractivity contribution < 1.29 is 9.53 Å². The first kappa shape index (κ1) is 21.8. The molecule has 0 radical (unpaired) electrons. The number of imidazole rings is 1. The summed E-state index contributed by atoms with van der Waals surface area (Å²) < 4.78 is 7.38. The van der Waals surface area contributed by atoms with Crippen LogP contribution in [0, 0.1) is 0 Å². The van der Waals surface area contributed by atoms with Gasteiger partial charge in [0.1, 0.15) is 11.6 Å². The fourth-order valence-corrected chi connectivity index (χ4v) is 4.98. The van der Waals surface area contributed by atoms with E-state index < -0.39 is 0 Å². The third kappa shape index (κ3) is 4.31. The van der Waals surface area contributed by atoms with Crippen LogP contribution in [0.5, 0.6) is 5.75 Å². The molecule has 5 nitrogen and oxygen atoms in total. The fourth-order valence-electron chi connectivity index (χ4n) is 4.46. The minimum atomic E-state index is -0.00980. The molecular formula is C26H23Cl2N3O2. The van der Waals surface area contributed by atoms with Gasteiger partial charge < -0.3 is 14.2 Å². The van der Waals surface area contributed by atoms with Crippen molar-refractivity contribution in [1.29, 1.82) is 0 Å². The van der Waals surface area contributed by atoms with Crippen molar-refractivity contribution in [2.24, 2.45) is 0 Å². The van der Waals surface area contributed by atoms with Gasteiger partial charge in [-0.25, -0.2) is 4.98 Å². The lowest BCUT2D eigenvalue weighted by molar-refractivity contribution is -0.128. The van der Waals surface area contributed by atoms with E-state index in [1.165, 1.54) is 0 Å². The highest BCUT2D eigenvalue weighted by atomic mass is 35.5. The number of hydrogen-bond donors (Lipinski definition) is 0. The smallest absolute Gasteiger partial charge is 0.223 e. The number of hydrogen-bond acceptors (Lipinski definition) is 3. The maximum absolute atomic E-state index is 12.9. The minimum Gasteiger partial charge on any atom is -0.497 e. The molecule has 1 atom stereocenters. The van der Waals surface area contributed by atoms with Gasteiger partial charge in [-0.3, -0.25) is 4.79 Å². The van der Waals surface area contributed by atoms with Crippen LogP contribution < -0.4 is 4.74 Å². The second kappa shape index (κ2) is 9.08. The molecule has 1 fully saturated rings. The van der Waals surface area contributed by atoms with Gasteiger partial charge in [0.25, 0.3) is 0 Å². The van der Waals surface area contributed by atoms with E-state index in [9.17, 15) is 4.79 Å². The maximum atomic E-state index is 12.9. The van der Waals surface area contributed by atoms with E-state index >= 15 is 0 Å². The van der Waals surface area contributed by atoms with Crippen LogP contribution in [0.1, 0.15) is 29.3 Å². The van der Waals surface area contributed by atoms with Gasteiger partial charge >= 0.3 is 0 Å². The lowest BCUT2D eigenvalue weighted by Gasteiger charge is -2.18. The van der Waals surface area contributed by atoms with E-state index in [0.29, 0.717) is 36.1 Å². The summed E-state index contributed by atoms with van der Waals surface area (Å²) in [5, 5.41) is 1.24. The Hall–Kier alpha value is -3.02. The number of benzene rings is 3. The molecule has 33 heavy (non-hydrogen) atoms. The van der Waals surface area contributed by atoms with Crippen LogP contribution in [0.25, 0.3) is 11.0 Å². The number of likely N-dealkylation sites (tertiary alicyclic amines) is 1. The summed E-state index contributed by atoms with van der Waals surface area (Å²) >= 11 is 13.0. The molecule has 5 rings (SSSR count). The van der Waals surface area contributed by atoms with E-state index in [1.807, 2.05) is 71.6 Å². The van der Waals surface area contributed by atoms with E-state index in [1.54, 1.807) is 7.11 Å². The van der Waals surface area contributed by atoms with Crippen LogP contribution in [-0.4, -0.2) is 34.0 Å². The minimum absolute atomic E-state index is 0.00980. The van der Waals surface area contributed by atoms with Gasteiger partial charge in [0, 0.05) is 41.0 Å². The molecule has 1 aliphatic rings. The number of para-hydroxylation sites is 2. The number of amides is 1. The largest absolute Gasteiger partial charge is 0.497 e. The zero-order valence-electron chi connectivity index (χ0n) is 18.2. The van der Waals surface area contributed by atoms with Crippen LogP contribution in [0.15, 0.2) is 66.7 Å².